The summed E-state index contributed by atoms with van der Waals surface area (Å²) in [4.78, 5) is 24.7. The topological polar surface area (TPSA) is 55.8 Å². The van der Waals surface area contributed by atoms with Crippen molar-refractivity contribution in [3.05, 3.63) is 28.7 Å². The second kappa shape index (κ2) is 8.67. The van der Waals surface area contributed by atoms with E-state index < -0.39 is 6.10 Å². The third-order valence-electron chi connectivity index (χ3n) is 2.95. The summed E-state index contributed by atoms with van der Waals surface area (Å²) in [6.45, 7) is 2.20. The molecule has 21 heavy (non-hydrogen) atoms. The van der Waals surface area contributed by atoms with E-state index in [1.807, 2.05) is 12.1 Å². The van der Waals surface area contributed by atoms with Crippen molar-refractivity contribution in [1.29, 1.82) is 0 Å². The number of nitrogens with zero attached hydrogens (tertiary/aromatic N) is 1. The molecular weight excluding hydrogens is 338 g/mol. The van der Waals surface area contributed by atoms with E-state index in [1.165, 1.54) is 7.11 Å². The number of hydrogen-bond acceptors (Lipinski definition) is 4. The molecule has 0 saturated carbocycles. The zero-order valence-corrected chi connectivity index (χ0v) is 14.1. The van der Waals surface area contributed by atoms with E-state index in [0.717, 1.165) is 4.47 Å². The van der Waals surface area contributed by atoms with Crippen LogP contribution in [0.15, 0.2) is 28.7 Å². The van der Waals surface area contributed by atoms with Crippen LogP contribution in [-0.4, -0.2) is 43.6 Å². The minimum atomic E-state index is -0.575. The molecule has 1 amide bonds. The first-order valence-corrected chi connectivity index (χ1v) is 7.47. The molecule has 0 aliphatic heterocycles. The lowest BCUT2D eigenvalue weighted by Crippen LogP contribution is -2.38. The Morgan fingerprint density at radius 2 is 1.90 bits per heavy atom. The number of ether oxygens (including phenoxy) is 2. The first kappa shape index (κ1) is 17.5. The highest BCUT2D eigenvalue weighted by molar-refractivity contribution is 9.10. The summed E-state index contributed by atoms with van der Waals surface area (Å²) < 4.78 is 11.1. The molecule has 0 aromatic heterocycles. The first-order valence-electron chi connectivity index (χ1n) is 6.68. The molecule has 0 bridgehead atoms. The van der Waals surface area contributed by atoms with Crippen LogP contribution in [0.2, 0.25) is 0 Å². The molecule has 116 valence electrons. The van der Waals surface area contributed by atoms with Crippen LogP contribution in [0.25, 0.3) is 0 Å². The Kier molecular flexibility index (Phi) is 7.22. The van der Waals surface area contributed by atoms with Crippen molar-refractivity contribution >= 4 is 27.8 Å². The molecule has 0 aliphatic rings. The number of methoxy groups -OCH3 is 1. The lowest BCUT2D eigenvalue weighted by molar-refractivity contribution is -0.142. The van der Waals surface area contributed by atoms with Gasteiger partial charge in [-0.25, -0.2) is 0 Å². The van der Waals surface area contributed by atoms with Crippen molar-refractivity contribution in [2.24, 2.45) is 0 Å². The van der Waals surface area contributed by atoms with Gasteiger partial charge in [0, 0.05) is 24.5 Å². The van der Waals surface area contributed by atoms with Crippen molar-refractivity contribution < 1.29 is 19.1 Å². The maximum atomic E-state index is 12.1. The lowest BCUT2D eigenvalue weighted by Gasteiger charge is -2.22. The Balaban J connectivity index is 2.42. The van der Waals surface area contributed by atoms with Crippen LogP contribution in [-0.2, 0) is 14.3 Å². The van der Waals surface area contributed by atoms with Gasteiger partial charge < -0.3 is 14.4 Å². The number of likely N-dealkylation sites (N-methyl/N-ethyl adjacent to an activating group) is 1. The monoisotopic (exact) mass is 357 g/mol. The Morgan fingerprint density at radius 1 is 1.29 bits per heavy atom. The molecule has 0 radical (unpaired) electrons. The molecule has 1 atom stereocenters. The highest BCUT2D eigenvalue weighted by atomic mass is 79.9. The van der Waals surface area contributed by atoms with E-state index in [1.54, 1.807) is 31.0 Å². The van der Waals surface area contributed by atoms with E-state index in [-0.39, 0.29) is 11.9 Å². The van der Waals surface area contributed by atoms with Crippen molar-refractivity contribution in [1.82, 2.24) is 4.90 Å². The van der Waals surface area contributed by atoms with Crippen molar-refractivity contribution in [3.8, 4) is 5.75 Å². The number of carbonyl (C=O) groups is 2. The average Bonchev–Trinajstić information content (AvgIpc) is 2.48. The fraction of sp³-hybridized carbons (Fsp3) is 0.467. The summed E-state index contributed by atoms with van der Waals surface area (Å²) in [7, 11) is 3.05. The van der Waals surface area contributed by atoms with Crippen LogP contribution in [0.5, 0.6) is 5.75 Å². The van der Waals surface area contributed by atoms with E-state index in [9.17, 15) is 9.59 Å². The SMILES string of the molecule is COC(=O)CCCN(C)C(=O)C(C)Oc1ccc(Br)cc1. The molecule has 1 aromatic rings. The van der Waals surface area contributed by atoms with Crippen LogP contribution >= 0.6 is 15.9 Å². The van der Waals surface area contributed by atoms with Gasteiger partial charge >= 0.3 is 5.97 Å². The summed E-state index contributed by atoms with van der Waals surface area (Å²) in [5.74, 6) is 0.250. The zero-order chi connectivity index (χ0) is 15.8. The Labute approximate surface area is 133 Å². The van der Waals surface area contributed by atoms with E-state index in [2.05, 4.69) is 20.7 Å². The quantitative estimate of drug-likeness (QED) is 0.704. The van der Waals surface area contributed by atoms with Gasteiger partial charge in [0.05, 0.1) is 7.11 Å². The summed E-state index contributed by atoms with van der Waals surface area (Å²) in [5, 5.41) is 0. The Hall–Kier alpha value is -1.56. The molecule has 0 heterocycles. The maximum absolute atomic E-state index is 12.1. The van der Waals surface area contributed by atoms with Gasteiger partial charge in [-0.15, -0.1) is 0 Å². The van der Waals surface area contributed by atoms with Gasteiger partial charge in [0.2, 0.25) is 0 Å². The number of hydrogen-bond donors (Lipinski definition) is 0. The number of halogens is 1. The molecule has 0 spiro atoms. The summed E-state index contributed by atoms with van der Waals surface area (Å²) >= 11 is 3.34. The van der Waals surface area contributed by atoms with Crippen LogP contribution < -0.4 is 4.74 Å². The molecule has 0 fully saturated rings. The van der Waals surface area contributed by atoms with Crippen LogP contribution in [0.1, 0.15) is 19.8 Å². The van der Waals surface area contributed by atoms with E-state index in [0.29, 0.717) is 25.1 Å². The van der Waals surface area contributed by atoms with Crippen LogP contribution in [0.4, 0.5) is 0 Å². The van der Waals surface area contributed by atoms with Crippen molar-refractivity contribution in [3.63, 3.8) is 0 Å². The summed E-state index contributed by atoms with van der Waals surface area (Å²) in [5.41, 5.74) is 0. The predicted octanol–water partition coefficient (Wildman–Crippen LogP) is 2.63. The van der Waals surface area contributed by atoms with Gasteiger partial charge in [0.1, 0.15) is 5.75 Å². The molecule has 6 heteroatoms. The van der Waals surface area contributed by atoms with Gasteiger partial charge in [0.25, 0.3) is 5.91 Å². The fourth-order valence-corrected chi connectivity index (χ4v) is 2.02. The number of amides is 1. The number of carbonyl (C=O) groups excluding carboxylic acids is 2. The van der Waals surface area contributed by atoms with Gasteiger partial charge in [-0.3, -0.25) is 9.59 Å². The molecule has 0 aliphatic carbocycles. The van der Waals surface area contributed by atoms with Crippen LogP contribution in [0.3, 0.4) is 0 Å². The van der Waals surface area contributed by atoms with Gasteiger partial charge in [0.15, 0.2) is 6.10 Å². The summed E-state index contributed by atoms with van der Waals surface area (Å²) in [6, 6.07) is 7.30. The van der Waals surface area contributed by atoms with Crippen molar-refractivity contribution in [2.45, 2.75) is 25.9 Å². The number of rotatable bonds is 7. The Bertz CT molecular complexity index is 475. The molecule has 1 unspecified atom stereocenters. The van der Waals surface area contributed by atoms with Gasteiger partial charge in [-0.05, 0) is 37.6 Å². The van der Waals surface area contributed by atoms with E-state index >= 15 is 0 Å². The second-order valence-corrected chi connectivity index (χ2v) is 5.57. The Morgan fingerprint density at radius 3 is 2.48 bits per heavy atom. The third-order valence-corrected chi connectivity index (χ3v) is 3.48. The third kappa shape index (κ3) is 6.16. The smallest absolute Gasteiger partial charge is 0.305 e. The highest BCUT2D eigenvalue weighted by Crippen LogP contribution is 2.17. The fourth-order valence-electron chi connectivity index (χ4n) is 1.75. The molecule has 0 saturated heterocycles. The largest absolute Gasteiger partial charge is 0.481 e. The minimum Gasteiger partial charge on any atom is -0.481 e. The second-order valence-electron chi connectivity index (χ2n) is 4.65. The lowest BCUT2D eigenvalue weighted by atomic mass is 10.2. The maximum Gasteiger partial charge on any atom is 0.305 e. The van der Waals surface area contributed by atoms with Gasteiger partial charge in [-0.1, -0.05) is 15.9 Å². The summed E-state index contributed by atoms with van der Waals surface area (Å²) in [6.07, 6.45) is 0.296. The van der Waals surface area contributed by atoms with Crippen LogP contribution in [0, 0.1) is 0 Å². The normalized spacial score (nSPS) is 11.6. The molecule has 5 nitrogen and oxygen atoms in total. The molecule has 1 aromatic carbocycles. The minimum absolute atomic E-state index is 0.122. The molecular formula is C15H20BrNO4. The van der Waals surface area contributed by atoms with Gasteiger partial charge in [-0.2, -0.15) is 0 Å². The number of benzene rings is 1. The standard InChI is InChI=1S/C15H20BrNO4/c1-11(21-13-8-6-12(16)7-9-13)15(19)17(2)10-4-5-14(18)20-3/h6-9,11H,4-5,10H2,1-3H3. The van der Waals surface area contributed by atoms with E-state index in [4.69, 9.17) is 4.74 Å². The first-order chi connectivity index (χ1) is 9.93. The number of esters is 1. The average molecular weight is 358 g/mol. The molecule has 0 N–H and O–H groups in total. The highest BCUT2D eigenvalue weighted by Gasteiger charge is 2.19. The molecule has 1 rings (SSSR count). The zero-order valence-electron chi connectivity index (χ0n) is 12.5. The van der Waals surface area contributed by atoms with Crippen molar-refractivity contribution in [2.75, 3.05) is 20.7 Å². The predicted molar refractivity (Wildman–Crippen MR) is 83.1 cm³/mol.